The van der Waals surface area contributed by atoms with Gasteiger partial charge in [-0.2, -0.15) is 5.10 Å². The first kappa shape index (κ1) is 19.5. The molecule has 7 nitrogen and oxygen atoms in total. The Morgan fingerprint density at radius 3 is 2.65 bits per heavy atom. The number of carbonyl (C=O) groups excluding carboxylic acids is 2. The highest BCUT2D eigenvalue weighted by molar-refractivity contribution is 5.89. The van der Waals surface area contributed by atoms with E-state index in [-0.39, 0.29) is 19.1 Å². The average Bonchev–Trinajstić information content (AvgIpc) is 3.09. The molecule has 7 heteroatoms. The number of nitrogens with one attached hydrogen (secondary N) is 1. The monoisotopic (exact) mass is 359 g/mol. The van der Waals surface area contributed by atoms with Crippen molar-refractivity contribution in [3.63, 3.8) is 0 Å². The number of anilines is 1. The summed E-state index contributed by atoms with van der Waals surface area (Å²) in [6.07, 6.45) is 1.49. The second-order valence-corrected chi connectivity index (χ2v) is 6.19. The molecule has 0 saturated heterocycles. The van der Waals surface area contributed by atoms with E-state index in [2.05, 4.69) is 10.4 Å². The van der Waals surface area contributed by atoms with Crippen molar-refractivity contribution in [3.8, 4) is 0 Å². The van der Waals surface area contributed by atoms with Crippen LogP contribution in [-0.4, -0.2) is 34.6 Å². The van der Waals surface area contributed by atoms with Gasteiger partial charge in [-0.05, 0) is 37.0 Å². The number of rotatable bonds is 7. The SMILES string of the molecule is CCOC(=O)C(Cn1cccn1)OC(=O)Nc1c(C)cccc1C(C)C. The number of carbonyl (C=O) groups is 2. The lowest BCUT2D eigenvalue weighted by Crippen LogP contribution is -2.35. The Hall–Kier alpha value is -2.83. The molecule has 0 aliphatic rings. The second kappa shape index (κ2) is 9.03. The van der Waals surface area contributed by atoms with E-state index in [0.717, 1.165) is 11.1 Å². The fraction of sp³-hybridized carbons (Fsp3) is 0.421. The topological polar surface area (TPSA) is 82.5 Å². The number of hydrogen-bond acceptors (Lipinski definition) is 5. The minimum absolute atomic E-state index is 0.0874. The highest BCUT2D eigenvalue weighted by Crippen LogP contribution is 2.27. The zero-order chi connectivity index (χ0) is 19.1. The average molecular weight is 359 g/mol. The molecule has 26 heavy (non-hydrogen) atoms. The van der Waals surface area contributed by atoms with E-state index in [4.69, 9.17) is 9.47 Å². The number of para-hydroxylation sites is 1. The molecule has 1 aromatic carbocycles. The van der Waals surface area contributed by atoms with Crippen molar-refractivity contribution in [3.05, 3.63) is 47.8 Å². The molecule has 0 aliphatic heterocycles. The van der Waals surface area contributed by atoms with Crippen molar-refractivity contribution >= 4 is 17.7 Å². The lowest BCUT2D eigenvalue weighted by atomic mass is 9.98. The predicted octanol–water partition coefficient (Wildman–Crippen LogP) is 3.50. The minimum Gasteiger partial charge on any atom is -0.463 e. The molecule has 2 rings (SSSR count). The molecule has 0 saturated carbocycles. The number of ether oxygens (including phenoxy) is 2. The van der Waals surface area contributed by atoms with Crippen LogP contribution in [0.3, 0.4) is 0 Å². The highest BCUT2D eigenvalue weighted by atomic mass is 16.6. The van der Waals surface area contributed by atoms with E-state index in [9.17, 15) is 9.59 Å². The van der Waals surface area contributed by atoms with E-state index in [0.29, 0.717) is 5.69 Å². The van der Waals surface area contributed by atoms with Gasteiger partial charge in [0.25, 0.3) is 0 Å². The number of aromatic nitrogens is 2. The van der Waals surface area contributed by atoms with Crippen molar-refractivity contribution in [1.82, 2.24) is 9.78 Å². The Labute approximate surface area is 153 Å². The molecule has 0 spiro atoms. The Kier molecular flexibility index (Phi) is 6.77. The van der Waals surface area contributed by atoms with E-state index < -0.39 is 18.2 Å². The van der Waals surface area contributed by atoms with Crippen LogP contribution in [0.25, 0.3) is 0 Å². The molecule has 1 amide bonds. The first-order chi connectivity index (χ1) is 12.4. The summed E-state index contributed by atoms with van der Waals surface area (Å²) in [7, 11) is 0. The van der Waals surface area contributed by atoms with Gasteiger partial charge in [0.1, 0.15) is 0 Å². The Morgan fingerprint density at radius 1 is 1.27 bits per heavy atom. The van der Waals surface area contributed by atoms with Crippen LogP contribution in [0.5, 0.6) is 0 Å². The third-order valence-electron chi connectivity index (χ3n) is 3.86. The molecule has 0 aliphatic carbocycles. The van der Waals surface area contributed by atoms with Gasteiger partial charge < -0.3 is 9.47 Å². The molecule has 0 radical (unpaired) electrons. The molecule has 1 heterocycles. The van der Waals surface area contributed by atoms with Crippen LogP contribution in [0.2, 0.25) is 0 Å². The fourth-order valence-corrected chi connectivity index (χ4v) is 2.58. The molecule has 140 valence electrons. The smallest absolute Gasteiger partial charge is 0.412 e. The summed E-state index contributed by atoms with van der Waals surface area (Å²) in [4.78, 5) is 24.5. The summed E-state index contributed by atoms with van der Waals surface area (Å²) >= 11 is 0. The number of hydrogen-bond donors (Lipinski definition) is 1. The van der Waals surface area contributed by atoms with Gasteiger partial charge in [0.05, 0.1) is 18.8 Å². The van der Waals surface area contributed by atoms with Crippen molar-refractivity contribution in [1.29, 1.82) is 0 Å². The highest BCUT2D eigenvalue weighted by Gasteiger charge is 2.26. The van der Waals surface area contributed by atoms with Crippen molar-refractivity contribution in [2.45, 2.75) is 46.3 Å². The second-order valence-electron chi connectivity index (χ2n) is 6.19. The molecule has 0 bridgehead atoms. The van der Waals surface area contributed by atoms with Crippen LogP contribution in [0, 0.1) is 6.92 Å². The van der Waals surface area contributed by atoms with Crippen LogP contribution in [0.1, 0.15) is 37.8 Å². The molecule has 1 aromatic heterocycles. The lowest BCUT2D eigenvalue weighted by molar-refractivity contribution is -0.153. The van der Waals surface area contributed by atoms with E-state index >= 15 is 0 Å². The maximum absolute atomic E-state index is 12.4. The van der Waals surface area contributed by atoms with E-state index in [1.807, 2.05) is 39.0 Å². The first-order valence-corrected chi connectivity index (χ1v) is 8.63. The zero-order valence-electron chi connectivity index (χ0n) is 15.6. The van der Waals surface area contributed by atoms with Gasteiger partial charge in [-0.25, -0.2) is 9.59 Å². The molecule has 1 unspecified atom stereocenters. The van der Waals surface area contributed by atoms with Crippen LogP contribution in [-0.2, 0) is 20.8 Å². The first-order valence-electron chi connectivity index (χ1n) is 8.63. The maximum Gasteiger partial charge on any atom is 0.412 e. The fourth-order valence-electron chi connectivity index (χ4n) is 2.58. The van der Waals surface area contributed by atoms with Crippen LogP contribution < -0.4 is 5.32 Å². The molecule has 0 fully saturated rings. The van der Waals surface area contributed by atoms with Gasteiger partial charge in [-0.15, -0.1) is 0 Å². The third-order valence-corrected chi connectivity index (χ3v) is 3.86. The Bertz CT molecular complexity index is 741. The summed E-state index contributed by atoms with van der Waals surface area (Å²) in [5, 5.41) is 6.81. The number of nitrogens with zero attached hydrogens (tertiary/aromatic N) is 2. The van der Waals surface area contributed by atoms with E-state index in [1.165, 1.54) is 4.68 Å². The standard InChI is InChI=1S/C19H25N3O4/c1-5-25-18(23)16(12-22-11-7-10-20-22)26-19(24)21-17-14(4)8-6-9-15(17)13(2)3/h6-11,13,16H,5,12H2,1-4H3,(H,21,24). The molecule has 2 aromatic rings. The maximum atomic E-state index is 12.4. The van der Waals surface area contributed by atoms with Gasteiger partial charge in [-0.3, -0.25) is 10.00 Å². The van der Waals surface area contributed by atoms with Crippen molar-refractivity contribution in [2.75, 3.05) is 11.9 Å². The number of amides is 1. The van der Waals surface area contributed by atoms with Gasteiger partial charge in [-0.1, -0.05) is 32.0 Å². The number of benzene rings is 1. The zero-order valence-corrected chi connectivity index (χ0v) is 15.6. The number of aryl methyl sites for hydroxylation is 1. The number of esters is 1. The Morgan fingerprint density at radius 2 is 2.04 bits per heavy atom. The predicted molar refractivity (Wildman–Crippen MR) is 98.0 cm³/mol. The van der Waals surface area contributed by atoms with Crippen LogP contribution >= 0.6 is 0 Å². The summed E-state index contributed by atoms with van der Waals surface area (Å²) in [6, 6.07) is 7.54. The third kappa shape index (κ3) is 5.08. The largest absolute Gasteiger partial charge is 0.463 e. The molecular weight excluding hydrogens is 334 g/mol. The molecular formula is C19H25N3O4. The van der Waals surface area contributed by atoms with Gasteiger partial charge in [0.15, 0.2) is 0 Å². The lowest BCUT2D eigenvalue weighted by Gasteiger charge is -2.19. The summed E-state index contributed by atoms with van der Waals surface area (Å²) in [6.45, 7) is 7.99. The van der Waals surface area contributed by atoms with E-state index in [1.54, 1.807) is 25.4 Å². The van der Waals surface area contributed by atoms with Crippen LogP contribution in [0.4, 0.5) is 10.5 Å². The van der Waals surface area contributed by atoms with Crippen molar-refractivity contribution < 1.29 is 19.1 Å². The van der Waals surface area contributed by atoms with Crippen LogP contribution in [0.15, 0.2) is 36.7 Å². The summed E-state index contributed by atoms with van der Waals surface area (Å²) in [5.41, 5.74) is 2.63. The van der Waals surface area contributed by atoms with Gasteiger partial charge in [0.2, 0.25) is 6.10 Å². The minimum atomic E-state index is -1.08. The van der Waals surface area contributed by atoms with Gasteiger partial charge in [0, 0.05) is 12.4 Å². The van der Waals surface area contributed by atoms with Crippen molar-refractivity contribution in [2.24, 2.45) is 0 Å². The summed E-state index contributed by atoms with van der Waals surface area (Å²) < 4.78 is 11.9. The Balaban J connectivity index is 2.13. The quantitative estimate of drug-likeness (QED) is 0.765. The molecule has 1 N–H and O–H groups in total. The molecule has 1 atom stereocenters. The van der Waals surface area contributed by atoms with Gasteiger partial charge >= 0.3 is 12.1 Å². The summed E-state index contributed by atoms with van der Waals surface area (Å²) in [5.74, 6) is -0.373. The normalized spacial score (nSPS) is 11.9.